The van der Waals surface area contributed by atoms with Crippen LogP contribution in [0.15, 0.2) is 36.7 Å². The average Bonchev–Trinajstić information content (AvgIpc) is 3.59. The second-order valence-corrected chi connectivity index (χ2v) is 10.5. The Balaban J connectivity index is 1.78. The Morgan fingerprint density at radius 3 is 2.53 bits per heavy atom. The molecule has 0 fully saturated rings. The summed E-state index contributed by atoms with van der Waals surface area (Å²) in [4.78, 5) is 34.4. The fourth-order valence-electron chi connectivity index (χ4n) is 5.24. The number of esters is 1. The molecule has 1 aliphatic rings. The van der Waals surface area contributed by atoms with Crippen molar-refractivity contribution in [2.45, 2.75) is 91.5 Å². The molecule has 0 radical (unpaired) electrons. The Hall–Kier alpha value is -3.87. The van der Waals surface area contributed by atoms with Crippen LogP contribution in [0.3, 0.4) is 0 Å². The van der Waals surface area contributed by atoms with E-state index in [1.807, 2.05) is 27.7 Å². The lowest BCUT2D eigenvalue weighted by Crippen LogP contribution is -2.56. The molecule has 43 heavy (non-hydrogen) atoms. The molecule has 0 bridgehead atoms. The fourth-order valence-corrected chi connectivity index (χ4v) is 5.24. The average molecular weight is 605 g/mol. The predicted octanol–water partition coefficient (Wildman–Crippen LogP) is 5.81. The van der Waals surface area contributed by atoms with Crippen molar-refractivity contribution >= 4 is 17.7 Å². The molecule has 1 amide bonds. The van der Waals surface area contributed by atoms with Crippen molar-refractivity contribution in [2.75, 3.05) is 18.0 Å². The molecule has 0 saturated heterocycles. The van der Waals surface area contributed by atoms with E-state index in [1.165, 1.54) is 21.8 Å². The standard InChI is InChI=1S/C30H39F3N6O4/c1-5-9-10-14-24(40)43-23(7-3)39-25-27(37(8-4)29(42)38(15-6-2)28(25)41)35-26(39)21-17-34-36(19-21)18-20-12-11-13-22(16-20)30(31,32)33/h11-13,16-17,19,23,29,42H,5-10,14-15,18H2,1-4H3. The number of benzene rings is 1. The number of hydrogen-bond acceptors (Lipinski definition) is 7. The Morgan fingerprint density at radius 1 is 1.12 bits per heavy atom. The highest BCUT2D eigenvalue weighted by molar-refractivity contribution is 6.00. The van der Waals surface area contributed by atoms with Crippen LogP contribution in [-0.2, 0) is 22.3 Å². The zero-order valence-electron chi connectivity index (χ0n) is 25.0. The van der Waals surface area contributed by atoms with Gasteiger partial charge in [0.05, 0.1) is 23.9 Å². The van der Waals surface area contributed by atoms with Gasteiger partial charge < -0.3 is 14.7 Å². The van der Waals surface area contributed by atoms with E-state index in [4.69, 9.17) is 9.72 Å². The lowest BCUT2D eigenvalue weighted by molar-refractivity contribution is -0.154. The van der Waals surface area contributed by atoms with Gasteiger partial charge in [-0.2, -0.15) is 18.3 Å². The number of fused-ring (bicyclic) bond motifs is 1. The van der Waals surface area contributed by atoms with Crippen LogP contribution >= 0.6 is 0 Å². The number of aliphatic hydroxyl groups excluding tert-OH is 1. The van der Waals surface area contributed by atoms with E-state index in [-0.39, 0.29) is 24.5 Å². The molecule has 13 heteroatoms. The van der Waals surface area contributed by atoms with Gasteiger partial charge in [0, 0.05) is 32.1 Å². The first kappa shape index (κ1) is 32.1. The van der Waals surface area contributed by atoms with E-state index in [1.54, 1.807) is 21.7 Å². The summed E-state index contributed by atoms with van der Waals surface area (Å²) in [7, 11) is 0. The number of aromatic nitrogens is 4. The summed E-state index contributed by atoms with van der Waals surface area (Å²) >= 11 is 0. The summed E-state index contributed by atoms with van der Waals surface area (Å²) in [5.41, 5.74) is 0.322. The molecule has 1 aliphatic heterocycles. The number of carbonyl (C=O) groups is 2. The monoisotopic (exact) mass is 604 g/mol. The highest BCUT2D eigenvalue weighted by Gasteiger charge is 2.42. The van der Waals surface area contributed by atoms with Crippen molar-refractivity contribution in [3.05, 3.63) is 53.5 Å². The van der Waals surface area contributed by atoms with Crippen molar-refractivity contribution < 1.29 is 32.6 Å². The number of alkyl halides is 3. The van der Waals surface area contributed by atoms with Crippen molar-refractivity contribution in [3.8, 4) is 11.4 Å². The van der Waals surface area contributed by atoms with Crippen LogP contribution in [-0.4, -0.2) is 60.7 Å². The molecule has 3 aromatic rings. The molecule has 0 saturated carbocycles. The fraction of sp³-hybridized carbons (Fsp3) is 0.533. The van der Waals surface area contributed by atoms with Gasteiger partial charge in [-0.15, -0.1) is 0 Å². The third-order valence-corrected chi connectivity index (χ3v) is 7.37. The molecular formula is C30H39F3N6O4. The maximum Gasteiger partial charge on any atom is 0.416 e. The Labute approximate surface area is 249 Å². The summed E-state index contributed by atoms with van der Waals surface area (Å²) in [6.45, 7) is 8.33. The van der Waals surface area contributed by atoms with Gasteiger partial charge in [-0.25, -0.2) is 4.98 Å². The summed E-state index contributed by atoms with van der Waals surface area (Å²) in [5, 5.41) is 15.4. The quantitative estimate of drug-likeness (QED) is 0.194. The smallest absolute Gasteiger partial charge is 0.416 e. The number of halogens is 3. The largest absolute Gasteiger partial charge is 0.441 e. The number of anilines is 1. The predicted molar refractivity (Wildman–Crippen MR) is 154 cm³/mol. The summed E-state index contributed by atoms with van der Waals surface area (Å²) in [6.07, 6.45) is 0.286. The van der Waals surface area contributed by atoms with Crippen molar-refractivity contribution in [3.63, 3.8) is 0 Å². The van der Waals surface area contributed by atoms with Gasteiger partial charge in [0.15, 0.2) is 17.7 Å². The number of rotatable bonds is 13. The second-order valence-electron chi connectivity index (χ2n) is 10.5. The summed E-state index contributed by atoms with van der Waals surface area (Å²) in [5.74, 6) is -0.279. The van der Waals surface area contributed by atoms with E-state index >= 15 is 0 Å². The van der Waals surface area contributed by atoms with E-state index in [2.05, 4.69) is 5.10 Å². The number of imidazole rings is 1. The molecule has 1 aromatic carbocycles. The van der Waals surface area contributed by atoms with Crippen molar-refractivity contribution in [1.29, 1.82) is 0 Å². The molecule has 1 N–H and O–H groups in total. The van der Waals surface area contributed by atoms with Gasteiger partial charge in [0.2, 0.25) is 6.35 Å². The maximum absolute atomic E-state index is 13.8. The molecule has 0 spiro atoms. The minimum Gasteiger partial charge on any atom is -0.441 e. The molecule has 4 rings (SSSR count). The van der Waals surface area contributed by atoms with E-state index in [9.17, 15) is 27.9 Å². The van der Waals surface area contributed by atoms with Crippen LogP contribution in [0.2, 0.25) is 0 Å². The van der Waals surface area contributed by atoms with Gasteiger partial charge in [0.1, 0.15) is 5.82 Å². The lowest BCUT2D eigenvalue weighted by atomic mass is 10.1. The van der Waals surface area contributed by atoms with Crippen molar-refractivity contribution in [2.24, 2.45) is 0 Å². The van der Waals surface area contributed by atoms with Crippen LogP contribution in [0.4, 0.5) is 19.0 Å². The van der Waals surface area contributed by atoms with Crippen LogP contribution < -0.4 is 4.90 Å². The van der Waals surface area contributed by atoms with Gasteiger partial charge in [-0.3, -0.25) is 23.7 Å². The molecule has 2 aromatic heterocycles. The van der Waals surface area contributed by atoms with Crippen LogP contribution in [0.1, 0.15) is 94.1 Å². The molecule has 2 atom stereocenters. The van der Waals surface area contributed by atoms with Crippen LogP contribution in [0.25, 0.3) is 11.4 Å². The highest BCUT2D eigenvalue weighted by Crippen LogP contribution is 2.38. The molecule has 234 valence electrons. The number of hydrogen-bond donors (Lipinski definition) is 1. The minimum atomic E-state index is -4.47. The minimum absolute atomic E-state index is 0.0664. The first-order valence-corrected chi connectivity index (χ1v) is 14.8. The Kier molecular flexibility index (Phi) is 10.2. The number of nitrogens with zero attached hydrogens (tertiary/aromatic N) is 6. The third kappa shape index (κ3) is 6.87. The molecule has 10 nitrogen and oxygen atoms in total. The topological polar surface area (TPSA) is 106 Å². The number of unbranched alkanes of at least 4 members (excludes halogenated alkanes) is 2. The zero-order chi connectivity index (χ0) is 31.3. The van der Waals surface area contributed by atoms with Gasteiger partial charge in [-0.1, -0.05) is 45.7 Å². The normalized spacial score (nSPS) is 16.0. The summed E-state index contributed by atoms with van der Waals surface area (Å²) in [6, 6.07) is 5.03. The zero-order valence-corrected chi connectivity index (χ0v) is 25.0. The second kappa shape index (κ2) is 13.6. The molecule has 3 heterocycles. The summed E-state index contributed by atoms with van der Waals surface area (Å²) < 4.78 is 48.7. The lowest BCUT2D eigenvalue weighted by Gasteiger charge is -2.40. The SMILES string of the molecule is CCCCCC(=O)OC(CC)n1c(-c2cnn(Cc3cccc(C(F)(F)F)c3)c2)nc2c1C(=O)N(CCC)C(O)N2CC. The number of amides is 1. The van der Waals surface area contributed by atoms with E-state index in [0.29, 0.717) is 49.3 Å². The van der Waals surface area contributed by atoms with Crippen LogP contribution in [0.5, 0.6) is 0 Å². The van der Waals surface area contributed by atoms with Crippen LogP contribution in [0, 0.1) is 0 Å². The van der Waals surface area contributed by atoms with Gasteiger partial charge >= 0.3 is 12.1 Å². The number of ether oxygens (including phenoxy) is 1. The first-order valence-electron chi connectivity index (χ1n) is 14.8. The molecule has 2 unspecified atom stereocenters. The van der Waals surface area contributed by atoms with E-state index < -0.39 is 36.2 Å². The Morgan fingerprint density at radius 2 is 1.88 bits per heavy atom. The maximum atomic E-state index is 13.8. The third-order valence-electron chi connectivity index (χ3n) is 7.37. The molecular weight excluding hydrogens is 565 g/mol. The highest BCUT2D eigenvalue weighted by atomic mass is 19.4. The number of aliphatic hydroxyl groups is 1. The Bertz CT molecular complexity index is 1420. The van der Waals surface area contributed by atoms with Gasteiger partial charge in [0.25, 0.3) is 5.91 Å². The molecule has 0 aliphatic carbocycles. The van der Waals surface area contributed by atoms with Gasteiger partial charge in [-0.05, 0) is 37.5 Å². The first-order chi connectivity index (χ1) is 20.5. The van der Waals surface area contributed by atoms with Crippen molar-refractivity contribution in [1.82, 2.24) is 24.2 Å². The number of carbonyl (C=O) groups excluding carboxylic acids is 2. The van der Waals surface area contributed by atoms with E-state index in [0.717, 1.165) is 25.0 Å².